The molecular formula is C22H48N5O3PS. The van der Waals surface area contributed by atoms with Crippen LogP contribution < -0.4 is 10.6 Å². The monoisotopic (exact) mass is 493 g/mol. The van der Waals surface area contributed by atoms with Crippen LogP contribution in [0.1, 0.15) is 85.8 Å². The van der Waals surface area contributed by atoms with Crippen molar-refractivity contribution in [2.45, 2.75) is 93.2 Å². The van der Waals surface area contributed by atoms with Crippen molar-refractivity contribution in [1.82, 2.24) is 25.6 Å². The Morgan fingerprint density at radius 2 is 1.84 bits per heavy atom. The maximum absolute atomic E-state index is 11.0. The van der Waals surface area contributed by atoms with E-state index in [-0.39, 0.29) is 12.5 Å². The van der Waals surface area contributed by atoms with E-state index in [4.69, 9.17) is 4.74 Å². The largest absolute Gasteiger partial charge is 0.465 e. The number of ether oxygens (including phenoxy) is 1. The molecule has 0 radical (unpaired) electrons. The quantitative estimate of drug-likeness (QED) is 0.147. The Bertz CT molecular complexity index is 516. The van der Waals surface area contributed by atoms with Crippen molar-refractivity contribution < 1.29 is 14.3 Å². The predicted molar refractivity (Wildman–Crippen MR) is 141 cm³/mol. The molecule has 1 aromatic rings. The molecule has 190 valence electrons. The van der Waals surface area contributed by atoms with Crippen LogP contribution in [-0.2, 0) is 27.4 Å². The van der Waals surface area contributed by atoms with E-state index in [1.165, 1.54) is 38.5 Å². The number of hydrogen-bond donors (Lipinski definition) is 3. The predicted octanol–water partition coefficient (Wildman–Crippen LogP) is 4.41. The number of nitrogens with zero attached hydrogens (tertiary/aromatic N) is 3. The number of aromatic nitrogens is 3. The third-order valence-electron chi connectivity index (χ3n) is 4.35. The zero-order valence-corrected chi connectivity index (χ0v) is 23.2. The van der Waals surface area contributed by atoms with E-state index < -0.39 is 0 Å². The molecule has 0 spiro atoms. The van der Waals surface area contributed by atoms with Gasteiger partial charge in [0.1, 0.15) is 5.69 Å². The third-order valence-corrected chi connectivity index (χ3v) is 4.35. The first-order valence-electron chi connectivity index (χ1n) is 11.9. The van der Waals surface area contributed by atoms with E-state index in [1.807, 2.05) is 27.7 Å². The molecule has 1 saturated carbocycles. The number of esters is 1. The summed E-state index contributed by atoms with van der Waals surface area (Å²) in [7, 11) is 2.11. The Labute approximate surface area is 203 Å². The zero-order chi connectivity index (χ0) is 25.0. The lowest BCUT2D eigenvalue weighted by molar-refractivity contribution is -0.142. The smallest absolute Gasteiger partial charge is 0.319 e. The van der Waals surface area contributed by atoms with Crippen LogP contribution in [-0.4, -0.2) is 47.1 Å². The third kappa shape index (κ3) is 22.0. The summed E-state index contributed by atoms with van der Waals surface area (Å²) in [5, 5.41) is 13.2. The average Bonchev–Trinajstić information content (AvgIpc) is 3.33. The summed E-state index contributed by atoms with van der Waals surface area (Å²) in [6, 6.07) is 0. The molecular weight excluding hydrogens is 445 g/mol. The van der Waals surface area contributed by atoms with Crippen molar-refractivity contribution in [3.8, 4) is 0 Å². The van der Waals surface area contributed by atoms with Crippen LogP contribution in [0, 0.1) is 5.92 Å². The van der Waals surface area contributed by atoms with Gasteiger partial charge in [-0.3, -0.25) is 14.3 Å². The van der Waals surface area contributed by atoms with E-state index in [2.05, 4.69) is 48.6 Å². The number of hydrogen-bond acceptors (Lipinski definition) is 7. The van der Waals surface area contributed by atoms with Crippen LogP contribution >= 0.6 is 20.7 Å². The van der Waals surface area contributed by atoms with Crippen LogP contribution in [0.3, 0.4) is 0 Å². The van der Waals surface area contributed by atoms with Crippen LogP contribution in [0.4, 0.5) is 0 Å². The summed E-state index contributed by atoms with van der Waals surface area (Å²) < 4.78 is 6.40. The van der Waals surface area contributed by atoms with E-state index in [1.54, 1.807) is 17.8 Å². The van der Waals surface area contributed by atoms with Crippen LogP contribution in [0.2, 0.25) is 0 Å². The Kier molecular flexibility index (Phi) is 33.0. The van der Waals surface area contributed by atoms with Gasteiger partial charge < -0.3 is 15.4 Å². The molecule has 8 nitrogen and oxygen atoms in total. The van der Waals surface area contributed by atoms with Crippen molar-refractivity contribution in [3.63, 3.8) is 0 Å². The number of amides is 1. The van der Waals surface area contributed by atoms with E-state index >= 15 is 0 Å². The highest BCUT2D eigenvalue weighted by molar-refractivity contribution is 8.31. The Morgan fingerprint density at radius 3 is 2.34 bits per heavy atom. The number of carbonyl (C=O) groups is 2. The maximum atomic E-state index is 11.0. The fraction of sp³-hybridized carbons (Fsp3) is 0.818. The zero-order valence-electron chi connectivity index (χ0n) is 21.1. The first-order valence-corrected chi connectivity index (χ1v) is 13.9. The van der Waals surface area contributed by atoms with Gasteiger partial charge in [-0.2, -0.15) is 12.2 Å². The molecule has 1 unspecified atom stereocenters. The van der Waals surface area contributed by atoms with Gasteiger partial charge in [-0.1, -0.05) is 86.8 Å². The summed E-state index contributed by atoms with van der Waals surface area (Å²) in [5.41, 5.74) is 0.687. The van der Waals surface area contributed by atoms with Gasteiger partial charge in [0.15, 0.2) is 0 Å². The van der Waals surface area contributed by atoms with Crippen molar-refractivity contribution >= 4 is 33.1 Å². The number of thiol groups is 1. The molecule has 10 heteroatoms. The minimum atomic E-state index is -0.271. The summed E-state index contributed by atoms with van der Waals surface area (Å²) in [4.78, 5) is 21.1. The fourth-order valence-corrected chi connectivity index (χ4v) is 2.87. The van der Waals surface area contributed by atoms with E-state index in [0.29, 0.717) is 38.3 Å². The minimum Gasteiger partial charge on any atom is -0.465 e. The number of rotatable bonds is 10. The van der Waals surface area contributed by atoms with Crippen LogP contribution in [0.5, 0.6) is 0 Å². The molecule has 1 heterocycles. The number of carbonyl (C=O) groups excluding carboxylic acids is 2. The van der Waals surface area contributed by atoms with Gasteiger partial charge in [-0.05, 0) is 12.8 Å². The highest BCUT2D eigenvalue weighted by Crippen LogP contribution is 2.25. The van der Waals surface area contributed by atoms with Crippen LogP contribution in [0.15, 0.2) is 6.20 Å². The van der Waals surface area contributed by atoms with E-state index in [9.17, 15) is 9.59 Å². The molecule has 1 fully saturated rings. The lowest BCUT2D eigenvalue weighted by atomic mass is 9.88. The lowest BCUT2D eigenvalue weighted by Crippen LogP contribution is -2.27. The highest BCUT2D eigenvalue weighted by atomic mass is 32.7. The highest BCUT2D eigenvalue weighted by Gasteiger charge is 2.09. The van der Waals surface area contributed by atoms with Gasteiger partial charge >= 0.3 is 5.97 Å². The molecule has 0 bridgehead atoms. The standard InChI is InChI=1S/C10H17N5O3.C8H16.2C2H6.H3PS/c1-2-18-10(17)6-11-3-4-15-7-9(13-14-15)5-12-8-16;1-2-8-6-4-3-5-7-8;3*1-2/h7-8,11H,2-6H2,1H3,(H,12,16);8H,2-7H2,1H3;2*1-2H3;2H,1H2. The molecule has 1 amide bonds. The molecule has 0 aromatic carbocycles. The molecule has 32 heavy (non-hydrogen) atoms. The molecule has 1 aromatic heterocycles. The Morgan fingerprint density at radius 1 is 1.22 bits per heavy atom. The summed E-state index contributed by atoms with van der Waals surface area (Å²) >= 11 is 3.44. The van der Waals surface area contributed by atoms with E-state index in [0.717, 1.165) is 5.92 Å². The first kappa shape index (κ1) is 35.4. The Balaban J connectivity index is -0.000000499. The average molecular weight is 494 g/mol. The van der Waals surface area contributed by atoms with Gasteiger partial charge in [0, 0.05) is 6.54 Å². The molecule has 1 atom stereocenters. The lowest BCUT2D eigenvalue weighted by Gasteiger charge is -2.18. The summed E-state index contributed by atoms with van der Waals surface area (Å²) in [5.74, 6) is 0.815. The van der Waals surface area contributed by atoms with Crippen molar-refractivity contribution in [3.05, 3.63) is 11.9 Å². The topological polar surface area (TPSA) is 98.1 Å². The first-order chi connectivity index (χ1) is 15.7. The van der Waals surface area contributed by atoms with Crippen LogP contribution in [0.25, 0.3) is 0 Å². The van der Waals surface area contributed by atoms with Crippen molar-refractivity contribution in [1.29, 1.82) is 0 Å². The minimum absolute atomic E-state index is 0.183. The van der Waals surface area contributed by atoms with Gasteiger partial charge in [0.2, 0.25) is 6.41 Å². The number of nitrogens with one attached hydrogen (secondary N) is 2. The molecule has 2 rings (SSSR count). The van der Waals surface area contributed by atoms with Gasteiger partial charge in [0.25, 0.3) is 0 Å². The SMILES string of the molecule is CC.CC.CCC1CCCCC1.CCOC(=O)CNCCn1cc(CNC=O)nn1.PS. The maximum Gasteiger partial charge on any atom is 0.319 e. The summed E-state index contributed by atoms with van der Waals surface area (Å²) in [6.45, 7) is 14.2. The van der Waals surface area contributed by atoms with Gasteiger partial charge in [-0.25, -0.2) is 0 Å². The van der Waals surface area contributed by atoms with Gasteiger partial charge in [-0.15, -0.1) is 5.10 Å². The molecule has 1 aliphatic carbocycles. The molecule has 2 N–H and O–H groups in total. The normalized spacial score (nSPS) is 12.1. The Hall–Kier alpha value is -1.18. The molecule has 0 aliphatic heterocycles. The molecule has 1 aliphatic rings. The molecule has 0 saturated heterocycles. The van der Waals surface area contributed by atoms with Crippen molar-refractivity contribution in [2.24, 2.45) is 5.92 Å². The van der Waals surface area contributed by atoms with Crippen molar-refractivity contribution in [2.75, 3.05) is 19.7 Å². The fourth-order valence-electron chi connectivity index (χ4n) is 2.87. The van der Waals surface area contributed by atoms with Gasteiger partial charge in [0.05, 0.1) is 32.4 Å². The summed E-state index contributed by atoms with van der Waals surface area (Å²) in [6.07, 6.45) is 11.3. The second kappa shape index (κ2) is 29.8. The second-order valence-electron chi connectivity index (χ2n) is 6.37. The second-order valence-corrected chi connectivity index (χ2v) is 6.37.